The molecular formula is C15H20N2O. The van der Waals surface area contributed by atoms with E-state index in [1.807, 2.05) is 12.1 Å². The first kappa shape index (κ1) is 12.9. The monoisotopic (exact) mass is 244 g/mol. The molecule has 2 rings (SSSR count). The van der Waals surface area contributed by atoms with Crippen LogP contribution in [0.5, 0.6) is 0 Å². The van der Waals surface area contributed by atoms with Gasteiger partial charge in [-0.2, -0.15) is 0 Å². The highest BCUT2D eigenvalue weighted by atomic mass is 16.3. The lowest BCUT2D eigenvalue weighted by atomic mass is 10.0. The Labute approximate surface area is 108 Å². The molecule has 0 unspecified atom stereocenters. The lowest BCUT2D eigenvalue weighted by molar-refractivity contribution is 0.498. The van der Waals surface area contributed by atoms with Gasteiger partial charge in [0, 0.05) is 19.5 Å². The van der Waals surface area contributed by atoms with E-state index < -0.39 is 0 Å². The van der Waals surface area contributed by atoms with Crippen LogP contribution in [0.3, 0.4) is 0 Å². The van der Waals surface area contributed by atoms with Gasteiger partial charge in [0.1, 0.15) is 5.76 Å². The zero-order valence-electron chi connectivity index (χ0n) is 10.6. The van der Waals surface area contributed by atoms with Crippen molar-refractivity contribution >= 4 is 0 Å². The third kappa shape index (κ3) is 3.72. The number of nitrogens with two attached hydrogens (primary N) is 1. The molecule has 0 saturated heterocycles. The fourth-order valence-corrected chi connectivity index (χ4v) is 2.02. The maximum absolute atomic E-state index is 5.62. The topological polar surface area (TPSA) is 51.2 Å². The van der Waals surface area contributed by atoms with Gasteiger partial charge in [0.05, 0.1) is 6.26 Å². The van der Waals surface area contributed by atoms with E-state index >= 15 is 0 Å². The Kier molecular flexibility index (Phi) is 5.00. The van der Waals surface area contributed by atoms with E-state index in [0.717, 1.165) is 31.7 Å². The van der Waals surface area contributed by atoms with Gasteiger partial charge in [0.25, 0.3) is 0 Å². The molecule has 0 amide bonds. The Bertz CT molecular complexity index is 451. The van der Waals surface area contributed by atoms with E-state index in [-0.39, 0.29) is 0 Å². The highest BCUT2D eigenvalue weighted by Gasteiger charge is 2.01. The van der Waals surface area contributed by atoms with E-state index in [9.17, 15) is 0 Å². The zero-order valence-corrected chi connectivity index (χ0v) is 10.6. The van der Waals surface area contributed by atoms with Crippen LogP contribution in [0.25, 0.3) is 0 Å². The maximum atomic E-state index is 5.62. The van der Waals surface area contributed by atoms with Crippen LogP contribution in [0.2, 0.25) is 0 Å². The number of nitrogens with one attached hydrogen (secondary N) is 1. The van der Waals surface area contributed by atoms with Crippen LogP contribution in [0.4, 0.5) is 0 Å². The summed E-state index contributed by atoms with van der Waals surface area (Å²) in [5.74, 6) is 1.03. The molecule has 0 spiro atoms. The Morgan fingerprint density at radius 1 is 1.00 bits per heavy atom. The molecule has 3 heteroatoms. The smallest absolute Gasteiger partial charge is 0.105 e. The second kappa shape index (κ2) is 6.99. The summed E-state index contributed by atoms with van der Waals surface area (Å²) in [5.41, 5.74) is 8.29. The van der Waals surface area contributed by atoms with Crippen molar-refractivity contribution < 1.29 is 4.42 Å². The van der Waals surface area contributed by atoms with E-state index in [1.165, 1.54) is 11.1 Å². The Morgan fingerprint density at radius 3 is 2.56 bits per heavy atom. The van der Waals surface area contributed by atoms with Gasteiger partial charge in [0.2, 0.25) is 0 Å². The van der Waals surface area contributed by atoms with Crippen molar-refractivity contribution in [2.75, 3.05) is 13.1 Å². The Morgan fingerprint density at radius 2 is 1.83 bits per heavy atom. The molecule has 96 valence electrons. The predicted octanol–water partition coefficient (Wildman–Crippen LogP) is 2.11. The second-order valence-corrected chi connectivity index (χ2v) is 4.31. The molecule has 3 N–H and O–H groups in total. The first-order valence-electron chi connectivity index (χ1n) is 6.40. The van der Waals surface area contributed by atoms with Crippen LogP contribution in [0.15, 0.2) is 47.1 Å². The molecule has 3 nitrogen and oxygen atoms in total. The first-order chi connectivity index (χ1) is 8.90. The number of hydrogen-bond acceptors (Lipinski definition) is 3. The van der Waals surface area contributed by atoms with Crippen molar-refractivity contribution in [1.82, 2.24) is 5.32 Å². The molecule has 0 bridgehead atoms. The largest absolute Gasteiger partial charge is 0.469 e. The molecule has 1 aromatic heterocycles. The van der Waals surface area contributed by atoms with Crippen molar-refractivity contribution in [2.24, 2.45) is 5.73 Å². The third-order valence-electron chi connectivity index (χ3n) is 2.98. The van der Waals surface area contributed by atoms with Gasteiger partial charge in [0.15, 0.2) is 0 Å². The molecule has 0 aliphatic heterocycles. The molecule has 0 aliphatic carbocycles. The molecule has 0 atom stereocenters. The van der Waals surface area contributed by atoms with Crippen molar-refractivity contribution in [3.8, 4) is 0 Å². The quantitative estimate of drug-likeness (QED) is 0.733. The molecule has 0 aliphatic rings. The van der Waals surface area contributed by atoms with Crippen LogP contribution in [0, 0.1) is 0 Å². The fraction of sp³-hybridized carbons (Fsp3) is 0.333. The van der Waals surface area contributed by atoms with Crippen LogP contribution < -0.4 is 11.1 Å². The highest BCUT2D eigenvalue weighted by molar-refractivity contribution is 5.27. The van der Waals surface area contributed by atoms with Gasteiger partial charge in [-0.05, 0) is 36.2 Å². The number of furan rings is 1. The molecule has 2 aromatic rings. The molecule has 0 radical (unpaired) electrons. The zero-order chi connectivity index (χ0) is 12.6. The van der Waals surface area contributed by atoms with Gasteiger partial charge in [-0.3, -0.25) is 0 Å². The van der Waals surface area contributed by atoms with E-state index in [2.05, 4.69) is 29.6 Å². The van der Waals surface area contributed by atoms with Crippen molar-refractivity contribution in [3.63, 3.8) is 0 Å². The average Bonchev–Trinajstić information content (AvgIpc) is 2.90. The Balaban J connectivity index is 1.79. The number of rotatable bonds is 7. The minimum absolute atomic E-state index is 0.698. The Hall–Kier alpha value is -1.58. The van der Waals surface area contributed by atoms with Gasteiger partial charge >= 0.3 is 0 Å². The van der Waals surface area contributed by atoms with Gasteiger partial charge in [-0.1, -0.05) is 24.3 Å². The van der Waals surface area contributed by atoms with Crippen LogP contribution in [-0.2, 0) is 19.4 Å². The molecule has 1 aromatic carbocycles. The second-order valence-electron chi connectivity index (χ2n) is 4.31. The molecular weight excluding hydrogens is 224 g/mol. The summed E-state index contributed by atoms with van der Waals surface area (Å²) < 4.78 is 5.29. The van der Waals surface area contributed by atoms with E-state index in [1.54, 1.807) is 6.26 Å². The van der Waals surface area contributed by atoms with Gasteiger partial charge in [-0.15, -0.1) is 0 Å². The number of benzene rings is 1. The van der Waals surface area contributed by atoms with E-state index in [4.69, 9.17) is 10.2 Å². The maximum Gasteiger partial charge on any atom is 0.105 e. The van der Waals surface area contributed by atoms with Gasteiger partial charge in [-0.25, -0.2) is 0 Å². The van der Waals surface area contributed by atoms with Crippen molar-refractivity contribution in [3.05, 3.63) is 59.5 Å². The lowest BCUT2D eigenvalue weighted by Gasteiger charge is -2.09. The molecule has 0 saturated carbocycles. The number of hydrogen-bond donors (Lipinski definition) is 2. The average molecular weight is 244 g/mol. The normalized spacial score (nSPS) is 10.7. The minimum Gasteiger partial charge on any atom is -0.469 e. The molecule has 0 fully saturated rings. The summed E-state index contributed by atoms with van der Waals surface area (Å²) in [5, 5.41) is 3.44. The third-order valence-corrected chi connectivity index (χ3v) is 2.98. The summed E-state index contributed by atoms with van der Waals surface area (Å²) >= 11 is 0. The summed E-state index contributed by atoms with van der Waals surface area (Å²) in [7, 11) is 0. The van der Waals surface area contributed by atoms with Gasteiger partial charge < -0.3 is 15.5 Å². The summed E-state index contributed by atoms with van der Waals surface area (Å²) in [6.07, 6.45) is 3.58. The predicted molar refractivity (Wildman–Crippen MR) is 73.3 cm³/mol. The van der Waals surface area contributed by atoms with Crippen molar-refractivity contribution in [2.45, 2.75) is 19.4 Å². The summed E-state index contributed by atoms with van der Waals surface area (Å²) in [4.78, 5) is 0. The summed E-state index contributed by atoms with van der Waals surface area (Å²) in [6.45, 7) is 2.50. The van der Waals surface area contributed by atoms with Crippen LogP contribution in [-0.4, -0.2) is 13.1 Å². The lowest BCUT2D eigenvalue weighted by Crippen LogP contribution is -2.18. The minimum atomic E-state index is 0.698. The molecule has 18 heavy (non-hydrogen) atoms. The SMILES string of the molecule is NCCc1ccccc1CNCCc1ccco1. The highest BCUT2D eigenvalue weighted by Crippen LogP contribution is 2.09. The summed E-state index contributed by atoms with van der Waals surface area (Å²) in [6, 6.07) is 12.4. The fourth-order valence-electron chi connectivity index (χ4n) is 2.02. The van der Waals surface area contributed by atoms with Crippen molar-refractivity contribution in [1.29, 1.82) is 0 Å². The van der Waals surface area contributed by atoms with E-state index in [0.29, 0.717) is 6.54 Å². The van der Waals surface area contributed by atoms with Crippen LogP contribution in [0.1, 0.15) is 16.9 Å². The first-order valence-corrected chi connectivity index (χ1v) is 6.40. The van der Waals surface area contributed by atoms with Crippen LogP contribution >= 0.6 is 0 Å². The molecule has 1 heterocycles. The standard InChI is InChI=1S/C15H20N2O/c16-9-7-13-4-1-2-5-14(13)12-17-10-8-15-6-3-11-18-15/h1-6,11,17H,7-10,12,16H2.